The van der Waals surface area contributed by atoms with E-state index in [1.165, 1.54) is 0 Å². The number of ether oxygens (including phenoxy) is 6. The first-order chi connectivity index (χ1) is 29.4. The number of carbonyl (C=O) groups is 1. The second kappa shape index (κ2) is 16.7. The van der Waals surface area contributed by atoms with Crippen molar-refractivity contribution in [2.24, 2.45) is 50.7 Å². The molecule has 8 aliphatic rings. The van der Waals surface area contributed by atoms with Crippen LogP contribution in [0.1, 0.15) is 106 Å². The molecule has 23 atom stereocenters. The van der Waals surface area contributed by atoms with Crippen molar-refractivity contribution in [2.45, 2.75) is 198 Å². The van der Waals surface area contributed by atoms with E-state index in [2.05, 4.69) is 40.7 Å². The number of aliphatic hydroxyl groups excluding tert-OH is 9. The predicted octanol–water partition coefficient (Wildman–Crippen LogP) is 0.390. The number of fused-ring (bicyclic) bond motifs is 7. The van der Waals surface area contributed by atoms with E-state index in [-0.39, 0.29) is 53.3 Å². The highest BCUT2D eigenvalue weighted by atomic mass is 16.7. The molecule has 0 amide bonds. The van der Waals surface area contributed by atoms with Gasteiger partial charge in [0.2, 0.25) is 6.29 Å². The van der Waals surface area contributed by atoms with Crippen molar-refractivity contribution >= 4 is 5.97 Å². The molecule has 0 aromatic carbocycles. The van der Waals surface area contributed by atoms with E-state index in [0.717, 1.165) is 31.3 Å². The normalized spacial score (nSPS) is 55.6. The molecule has 17 heteroatoms. The number of aliphatic hydroxyl groups is 10. The van der Waals surface area contributed by atoms with Gasteiger partial charge in [0.25, 0.3) is 0 Å². The summed E-state index contributed by atoms with van der Waals surface area (Å²) in [5.41, 5.74) is -2.54. The third-order valence-corrected chi connectivity index (χ3v) is 18.9. The summed E-state index contributed by atoms with van der Waals surface area (Å²) in [4.78, 5) is 15.0. The summed E-state index contributed by atoms with van der Waals surface area (Å²) < 4.78 is 35.0. The smallest absolute Gasteiger partial charge is 0.315 e. The van der Waals surface area contributed by atoms with Gasteiger partial charge in [0.15, 0.2) is 12.6 Å². The van der Waals surface area contributed by atoms with E-state index in [9.17, 15) is 55.9 Å². The maximum absolute atomic E-state index is 15.0. The standard InChI is InChI=1S/C46H74O17/c1-21-10-15-46(40(56)63-39-35(55)32(52)31(51)25(61-39)20-60-37-33(53)29(49)23(47)18-58-37)17-16-43(5)22(36(46)45(21,7)57)8-9-27-42(4)13-12-28(41(2,3)26(42)11-14-44(27,43)6)62-38-34(54)30(50)24(48)19-59-38/h8,21,23-39,47-55,57H,9-20H2,1-7H3/t21-,23-,24+,25-,26+,27-,28+,29+,30+,31-,32+,33-,34-,35-,36-,37+,38+,39+,42+,43-,44-,45-,46+/m1/s1. The van der Waals surface area contributed by atoms with Crippen LogP contribution in [-0.2, 0) is 33.2 Å². The van der Waals surface area contributed by atoms with Gasteiger partial charge in [0, 0.05) is 5.92 Å². The molecule has 3 heterocycles. The Kier molecular flexibility index (Phi) is 12.7. The van der Waals surface area contributed by atoms with Gasteiger partial charge in [-0.25, -0.2) is 0 Å². The monoisotopic (exact) mass is 898 g/mol. The minimum Gasteiger partial charge on any atom is -0.432 e. The fraction of sp³-hybridized carbons (Fsp3) is 0.935. The van der Waals surface area contributed by atoms with Crippen LogP contribution in [0.15, 0.2) is 11.6 Å². The molecular formula is C46H74O17. The van der Waals surface area contributed by atoms with Crippen molar-refractivity contribution in [3.8, 4) is 0 Å². The summed E-state index contributed by atoms with van der Waals surface area (Å²) in [6.45, 7) is 14.5. The van der Waals surface area contributed by atoms with Crippen LogP contribution in [0.4, 0.5) is 0 Å². The van der Waals surface area contributed by atoms with Gasteiger partial charge in [-0.15, -0.1) is 0 Å². The topological polar surface area (TPSA) is 275 Å². The van der Waals surface area contributed by atoms with Crippen LogP contribution in [0.5, 0.6) is 0 Å². The number of hydrogen-bond acceptors (Lipinski definition) is 17. The highest BCUT2D eigenvalue weighted by Gasteiger charge is 2.72. The lowest BCUT2D eigenvalue weighted by Crippen LogP contribution is -2.68. The zero-order valence-corrected chi connectivity index (χ0v) is 37.8. The summed E-state index contributed by atoms with van der Waals surface area (Å²) in [5, 5.41) is 107. The molecule has 0 unspecified atom stereocenters. The van der Waals surface area contributed by atoms with Gasteiger partial charge in [-0.05, 0) is 104 Å². The van der Waals surface area contributed by atoms with Crippen molar-refractivity contribution < 1.29 is 84.3 Å². The first-order valence-corrected chi connectivity index (χ1v) is 23.3. The van der Waals surface area contributed by atoms with Gasteiger partial charge in [0.05, 0.1) is 36.9 Å². The Morgan fingerprint density at radius 2 is 1.32 bits per heavy atom. The molecule has 0 aromatic rings. The van der Waals surface area contributed by atoms with E-state index in [0.29, 0.717) is 32.1 Å². The van der Waals surface area contributed by atoms with Crippen molar-refractivity contribution in [1.29, 1.82) is 0 Å². The minimum atomic E-state index is -1.82. The molecule has 17 nitrogen and oxygen atoms in total. The molecule has 8 rings (SSSR count). The van der Waals surface area contributed by atoms with Gasteiger partial charge in [-0.3, -0.25) is 4.79 Å². The van der Waals surface area contributed by atoms with E-state index >= 15 is 0 Å². The highest BCUT2D eigenvalue weighted by Crippen LogP contribution is 2.76. The van der Waals surface area contributed by atoms with Gasteiger partial charge in [-0.2, -0.15) is 0 Å². The molecule has 7 fully saturated rings. The van der Waals surface area contributed by atoms with Gasteiger partial charge in [0.1, 0.15) is 61.0 Å². The number of esters is 1. The highest BCUT2D eigenvalue weighted by molar-refractivity contribution is 5.79. The van der Waals surface area contributed by atoms with E-state index < -0.39 is 115 Å². The summed E-state index contributed by atoms with van der Waals surface area (Å²) in [7, 11) is 0. The molecule has 0 spiro atoms. The van der Waals surface area contributed by atoms with E-state index in [1.54, 1.807) is 0 Å². The molecule has 10 N–H and O–H groups in total. The predicted molar refractivity (Wildman–Crippen MR) is 220 cm³/mol. The van der Waals surface area contributed by atoms with Crippen LogP contribution in [0.3, 0.4) is 0 Å². The van der Waals surface area contributed by atoms with E-state index in [4.69, 9.17) is 28.4 Å². The number of hydrogen-bond donors (Lipinski definition) is 10. The summed E-state index contributed by atoms with van der Waals surface area (Å²) in [5.74, 6) is -0.971. The van der Waals surface area contributed by atoms with Crippen LogP contribution in [0.25, 0.3) is 0 Å². The number of rotatable bonds is 7. The largest absolute Gasteiger partial charge is 0.432 e. The van der Waals surface area contributed by atoms with E-state index in [1.807, 2.05) is 13.8 Å². The lowest BCUT2D eigenvalue weighted by Gasteiger charge is -2.72. The lowest BCUT2D eigenvalue weighted by molar-refractivity contribution is -0.318. The zero-order valence-electron chi connectivity index (χ0n) is 37.8. The molecular weight excluding hydrogens is 824 g/mol. The maximum Gasteiger partial charge on any atom is 0.315 e. The average molecular weight is 899 g/mol. The second-order valence-corrected chi connectivity index (χ2v) is 22.3. The molecule has 360 valence electrons. The molecule has 4 saturated carbocycles. The second-order valence-electron chi connectivity index (χ2n) is 22.3. The molecule has 5 aliphatic carbocycles. The van der Waals surface area contributed by atoms with Gasteiger partial charge >= 0.3 is 5.97 Å². The first-order valence-electron chi connectivity index (χ1n) is 23.3. The Hall–Kier alpha value is -1.39. The molecule has 3 aliphatic heterocycles. The van der Waals surface area contributed by atoms with Crippen molar-refractivity contribution in [2.75, 3.05) is 19.8 Å². The van der Waals surface area contributed by atoms with Crippen molar-refractivity contribution in [3.05, 3.63) is 11.6 Å². The molecule has 63 heavy (non-hydrogen) atoms. The van der Waals surface area contributed by atoms with Crippen LogP contribution >= 0.6 is 0 Å². The SMILES string of the molecule is C[C@@H]1CC[C@]2(C(=O)O[C@@H]3O[C@H](CO[C@@H]4OC[C@@H](O)[C@H](O)[C@H]4O)[C@@H](O)[C@H](O)[C@H]3O)CC[C@]3(C)C(=CC[C@@H]4[C@@]5(C)CC[C@H](O[C@@H]6OC[C@H](O)[C@H](O)[C@H]6O)C(C)(C)[C@@H]5CC[C@]43C)[C@@H]2[C@]1(C)O. The molecule has 0 radical (unpaired) electrons. The third-order valence-electron chi connectivity index (χ3n) is 18.9. The van der Waals surface area contributed by atoms with Crippen LogP contribution in [0, 0.1) is 50.7 Å². The minimum absolute atomic E-state index is 0.110. The molecule has 0 bridgehead atoms. The third kappa shape index (κ3) is 7.32. The van der Waals surface area contributed by atoms with Crippen LogP contribution < -0.4 is 0 Å². The Bertz CT molecular complexity index is 1730. The van der Waals surface area contributed by atoms with Gasteiger partial charge in [-0.1, -0.05) is 53.2 Å². The Morgan fingerprint density at radius 3 is 1.98 bits per heavy atom. The van der Waals surface area contributed by atoms with Gasteiger partial charge < -0.3 is 79.5 Å². The lowest BCUT2D eigenvalue weighted by atomic mass is 9.33. The summed E-state index contributed by atoms with van der Waals surface area (Å²) in [6, 6.07) is 0. The molecule has 3 saturated heterocycles. The Morgan fingerprint density at radius 1 is 0.698 bits per heavy atom. The fourth-order valence-corrected chi connectivity index (χ4v) is 14.6. The van der Waals surface area contributed by atoms with Crippen molar-refractivity contribution in [3.63, 3.8) is 0 Å². The maximum atomic E-state index is 15.0. The average Bonchev–Trinajstić information content (AvgIpc) is 3.22. The fourth-order valence-electron chi connectivity index (χ4n) is 14.6. The number of allylic oxidation sites excluding steroid dienone is 1. The van der Waals surface area contributed by atoms with Crippen molar-refractivity contribution in [1.82, 2.24) is 0 Å². The zero-order chi connectivity index (χ0) is 46.0. The first kappa shape index (κ1) is 48.1. The van der Waals surface area contributed by atoms with Crippen LogP contribution in [0.2, 0.25) is 0 Å². The summed E-state index contributed by atoms with van der Waals surface area (Å²) >= 11 is 0. The Labute approximate surface area is 369 Å². The summed E-state index contributed by atoms with van der Waals surface area (Å²) in [6.07, 6.45) is -11.1. The number of carbonyl (C=O) groups excluding carboxylic acids is 1. The molecule has 0 aromatic heterocycles. The quantitative estimate of drug-likeness (QED) is 0.0941. The Balaban J connectivity index is 1.04. The van der Waals surface area contributed by atoms with Crippen LogP contribution in [-0.4, -0.2) is 168 Å².